The first kappa shape index (κ1) is 16.2. The monoisotopic (exact) mass is 265 g/mol. The number of aryl methyl sites for hydroxylation is 1. The quantitative estimate of drug-likeness (QED) is 0.584. The van der Waals surface area contributed by atoms with E-state index >= 15 is 0 Å². The fraction of sp³-hybridized carbons (Fsp3) is 0.875. The van der Waals surface area contributed by atoms with Gasteiger partial charge in [0, 0.05) is 6.54 Å². The molecule has 0 saturated heterocycles. The van der Waals surface area contributed by atoms with Gasteiger partial charge in [0.25, 0.3) is 0 Å². The molecule has 0 aliphatic heterocycles. The minimum Gasteiger partial charge on any atom is -0.249 e. The van der Waals surface area contributed by atoms with Crippen molar-refractivity contribution in [1.82, 2.24) is 15.0 Å². The number of nitrogens with zero attached hydrogens (tertiary/aromatic N) is 3. The van der Waals surface area contributed by atoms with Crippen LogP contribution in [-0.2, 0) is 13.0 Å². The highest BCUT2D eigenvalue weighted by Gasteiger charge is 2.08. The first-order chi connectivity index (χ1) is 9.13. The third-order valence-corrected chi connectivity index (χ3v) is 3.69. The molecule has 0 N–H and O–H groups in total. The molecule has 1 heterocycles. The van der Waals surface area contributed by atoms with Crippen LogP contribution < -0.4 is 0 Å². The summed E-state index contributed by atoms with van der Waals surface area (Å²) in [5, 5.41) is 8.30. The van der Waals surface area contributed by atoms with E-state index in [-0.39, 0.29) is 0 Å². The van der Waals surface area contributed by atoms with Gasteiger partial charge in [0.15, 0.2) is 0 Å². The van der Waals surface area contributed by atoms with Gasteiger partial charge in [-0.1, -0.05) is 65.0 Å². The standard InChI is InChI=1S/C16H31N3/c1-5-9-15(4)12-16-13-17-18-19(16)11-8-6-7-10-14(2)3/h13-15H,5-12H2,1-4H3. The van der Waals surface area contributed by atoms with Crippen molar-refractivity contribution in [2.45, 2.75) is 79.2 Å². The van der Waals surface area contributed by atoms with Crippen molar-refractivity contribution in [2.75, 3.05) is 0 Å². The average Bonchev–Trinajstić information content (AvgIpc) is 2.76. The van der Waals surface area contributed by atoms with E-state index in [0.29, 0.717) is 0 Å². The highest BCUT2D eigenvalue weighted by atomic mass is 15.4. The van der Waals surface area contributed by atoms with E-state index in [0.717, 1.165) is 24.8 Å². The van der Waals surface area contributed by atoms with Crippen LogP contribution in [0.1, 0.15) is 71.9 Å². The largest absolute Gasteiger partial charge is 0.249 e. The van der Waals surface area contributed by atoms with Crippen LogP contribution in [0.5, 0.6) is 0 Å². The molecule has 1 rings (SSSR count). The maximum Gasteiger partial charge on any atom is 0.0725 e. The minimum absolute atomic E-state index is 0.739. The molecule has 0 bridgehead atoms. The second-order valence-corrected chi connectivity index (χ2v) is 6.29. The highest BCUT2D eigenvalue weighted by Crippen LogP contribution is 2.14. The van der Waals surface area contributed by atoms with Crippen LogP contribution in [0.3, 0.4) is 0 Å². The van der Waals surface area contributed by atoms with Gasteiger partial charge in [-0.05, 0) is 24.7 Å². The molecule has 1 unspecified atom stereocenters. The Bertz CT molecular complexity index is 330. The third-order valence-electron chi connectivity index (χ3n) is 3.69. The summed E-state index contributed by atoms with van der Waals surface area (Å²) in [5.41, 5.74) is 1.31. The number of rotatable bonds is 10. The lowest BCUT2D eigenvalue weighted by molar-refractivity contribution is 0.457. The van der Waals surface area contributed by atoms with E-state index < -0.39 is 0 Å². The number of hydrogen-bond acceptors (Lipinski definition) is 2. The Kier molecular flexibility index (Phi) is 7.76. The van der Waals surface area contributed by atoms with Gasteiger partial charge >= 0.3 is 0 Å². The summed E-state index contributed by atoms with van der Waals surface area (Å²) in [6, 6.07) is 0. The maximum absolute atomic E-state index is 4.23. The van der Waals surface area contributed by atoms with Crippen molar-refractivity contribution in [3.05, 3.63) is 11.9 Å². The predicted molar refractivity (Wildman–Crippen MR) is 81.1 cm³/mol. The predicted octanol–water partition coefficient (Wildman–Crippen LogP) is 4.47. The lowest BCUT2D eigenvalue weighted by atomic mass is 10.0. The zero-order valence-corrected chi connectivity index (χ0v) is 13.2. The van der Waals surface area contributed by atoms with E-state index in [9.17, 15) is 0 Å². The topological polar surface area (TPSA) is 30.7 Å². The Morgan fingerprint density at radius 1 is 1.11 bits per heavy atom. The zero-order valence-electron chi connectivity index (χ0n) is 13.2. The van der Waals surface area contributed by atoms with Crippen molar-refractivity contribution >= 4 is 0 Å². The van der Waals surface area contributed by atoms with Crippen LogP contribution in [0, 0.1) is 11.8 Å². The van der Waals surface area contributed by atoms with Gasteiger partial charge in [-0.3, -0.25) is 0 Å². The highest BCUT2D eigenvalue weighted by molar-refractivity contribution is 4.95. The van der Waals surface area contributed by atoms with Gasteiger partial charge in [-0.25, -0.2) is 4.68 Å². The van der Waals surface area contributed by atoms with Crippen LogP contribution in [0.25, 0.3) is 0 Å². The molecule has 0 aliphatic carbocycles. The summed E-state index contributed by atoms with van der Waals surface area (Å²) >= 11 is 0. The molecule has 3 nitrogen and oxygen atoms in total. The van der Waals surface area contributed by atoms with Gasteiger partial charge in [0.2, 0.25) is 0 Å². The molecule has 19 heavy (non-hydrogen) atoms. The van der Waals surface area contributed by atoms with E-state index in [4.69, 9.17) is 0 Å². The fourth-order valence-corrected chi connectivity index (χ4v) is 2.57. The fourth-order valence-electron chi connectivity index (χ4n) is 2.57. The van der Waals surface area contributed by atoms with Gasteiger partial charge in [0.05, 0.1) is 11.9 Å². The summed E-state index contributed by atoms with van der Waals surface area (Å²) < 4.78 is 2.11. The molecule has 0 spiro atoms. The zero-order chi connectivity index (χ0) is 14.1. The molecule has 0 radical (unpaired) electrons. The second-order valence-electron chi connectivity index (χ2n) is 6.29. The molecule has 0 fully saturated rings. The first-order valence-electron chi connectivity index (χ1n) is 8.00. The minimum atomic E-state index is 0.739. The van der Waals surface area contributed by atoms with Gasteiger partial charge in [-0.2, -0.15) is 0 Å². The van der Waals surface area contributed by atoms with Gasteiger partial charge in [-0.15, -0.1) is 5.10 Å². The number of hydrogen-bond donors (Lipinski definition) is 0. The van der Waals surface area contributed by atoms with E-state index in [1.807, 2.05) is 6.20 Å². The van der Waals surface area contributed by atoms with Gasteiger partial charge in [0.1, 0.15) is 0 Å². The molecule has 0 aromatic carbocycles. The molecular weight excluding hydrogens is 234 g/mol. The number of aromatic nitrogens is 3. The van der Waals surface area contributed by atoms with Gasteiger partial charge < -0.3 is 0 Å². The average molecular weight is 265 g/mol. The normalized spacial score (nSPS) is 13.1. The van der Waals surface area contributed by atoms with Crippen LogP contribution in [0.4, 0.5) is 0 Å². The summed E-state index contributed by atoms with van der Waals surface area (Å²) in [5.74, 6) is 1.57. The summed E-state index contributed by atoms with van der Waals surface area (Å²) in [4.78, 5) is 0. The van der Waals surface area contributed by atoms with Crippen molar-refractivity contribution in [1.29, 1.82) is 0 Å². The van der Waals surface area contributed by atoms with Crippen molar-refractivity contribution in [3.8, 4) is 0 Å². The Morgan fingerprint density at radius 2 is 1.89 bits per heavy atom. The van der Waals surface area contributed by atoms with Crippen molar-refractivity contribution < 1.29 is 0 Å². The summed E-state index contributed by atoms with van der Waals surface area (Å²) in [6.07, 6.45) is 10.8. The van der Waals surface area contributed by atoms with Crippen molar-refractivity contribution in [2.24, 2.45) is 11.8 Å². The van der Waals surface area contributed by atoms with E-state index in [1.165, 1.54) is 44.2 Å². The second kappa shape index (κ2) is 9.11. The molecule has 0 aliphatic rings. The molecule has 1 aromatic heterocycles. The molecule has 0 amide bonds. The van der Waals surface area contributed by atoms with E-state index in [1.54, 1.807) is 0 Å². The van der Waals surface area contributed by atoms with E-state index in [2.05, 4.69) is 42.7 Å². The molecule has 110 valence electrons. The molecular formula is C16H31N3. The third kappa shape index (κ3) is 6.74. The van der Waals surface area contributed by atoms with Crippen LogP contribution in [0.15, 0.2) is 6.20 Å². The molecule has 1 atom stereocenters. The molecule has 1 aromatic rings. The molecule has 3 heteroatoms. The van der Waals surface area contributed by atoms with Crippen LogP contribution in [0.2, 0.25) is 0 Å². The smallest absolute Gasteiger partial charge is 0.0725 e. The Hall–Kier alpha value is -0.860. The first-order valence-corrected chi connectivity index (χ1v) is 8.00. The summed E-state index contributed by atoms with van der Waals surface area (Å²) in [7, 11) is 0. The summed E-state index contributed by atoms with van der Waals surface area (Å²) in [6.45, 7) is 10.2. The number of unbranched alkanes of at least 4 members (excludes halogenated alkanes) is 2. The lowest BCUT2D eigenvalue weighted by Gasteiger charge is -2.11. The van der Waals surface area contributed by atoms with Crippen LogP contribution >= 0.6 is 0 Å². The van der Waals surface area contributed by atoms with Crippen LogP contribution in [-0.4, -0.2) is 15.0 Å². The Balaban J connectivity index is 2.28. The SMILES string of the molecule is CCCC(C)Cc1cnnn1CCCCCC(C)C. The Labute approximate surface area is 118 Å². The Morgan fingerprint density at radius 3 is 2.58 bits per heavy atom. The lowest BCUT2D eigenvalue weighted by Crippen LogP contribution is -2.09. The van der Waals surface area contributed by atoms with Crippen molar-refractivity contribution in [3.63, 3.8) is 0 Å². The maximum atomic E-state index is 4.23. The molecule has 0 saturated carbocycles.